The number of fused-ring (bicyclic) bond motifs is 1. The summed E-state index contributed by atoms with van der Waals surface area (Å²) in [6, 6.07) is 0. The quantitative estimate of drug-likeness (QED) is 0.438. The zero-order valence-corrected chi connectivity index (χ0v) is 4.98. The summed E-state index contributed by atoms with van der Waals surface area (Å²) in [7, 11) is 0. The Morgan fingerprint density at radius 1 is 0.750 bits per heavy atom. The first-order valence-corrected chi connectivity index (χ1v) is 3.38. The fourth-order valence-corrected chi connectivity index (χ4v) is 1.72. The third-order valence-corrected chi connectivity index (χ3v) is 2.29. The van der Waals surface area contributed by atoms with Crippen molar-refractivity contribution in [1.29, 1.82) is 0 Å². The van der Waals surface area contributed by atoms with Crippen molar-refractivity contribution >= 4 is 0 Å². The molecule has 2 fully saturated rings. The Hall–Kier alpha value is -0.0800. The van der Waals surface area contributed by atoms with Crippen molar-refractivity contribution in [3.05, 3.63) is 0 Å². The Morgan fingerprint density at radius 3 is 1.50 bits per heavy atom. The molecule has 0 spiro atoms. The summed E-state index contributed by atoms with van der Waals surface area (Å²) >= 11 is 0. The average molecular weight is 112 g/mol. The van der Waals surface area contributed by atoms with Gasteiger partial charge in [-0.15, -0.1) is 0 Å². The molecule has 2 N–H and O–H groups in total. The van der Waals surface area contributed by atoms with Gasteiger partial charge < -0.3 is 10.6 Å². The van der Waals surface area contributed by atoms with E-state index in [2.05, 4.69) is 10.6 Å². The molecule has 0 aliphatic carbocycles. The van der Waals surface area contributed by atoms with Gasteiger partial charge in [-0.25, -0.2) is 0 Å². The van der Waals surface area contributed by atoms with Gasteiger partial charge in [-0.1, -0.05) is 0 Å². The van der Waals surface area contributed by atoms with E-state index in [1.165, 1.54) is 26.2 Å². The van der Waals surface area contributed by atoms with E-state index in [9.17, 15) is 0 Å². The van der Waals surface area contributed by atoms with Crippen LogP contribution in [0.1, 0.15) is 0 Å². The highest BCUT2D eigenvalue weighted by atomic mass is 15.0. The van der Waals surface area contributed by atoms with Gasteiger partial charge in [-0.3, -0.25) is 0 Å². The molecule has 2 heteroatoms. The molecule has 8 heavy (non-hydrogen) atoms. The van der Waals surface area contributed by atoms with Crippen LogP contribution in [0.15, 0.2) is 0 Å². The number of hydrogen-bond acceptors (Lipinski definition) is 2. The minimum atomic E-state index is 0.954. The van der Waals surface area contributed by atoms with E-state index >= 15 is 0 Å². The maximum Gasteiger partial charge on any atom is -0.000463 e. The third kappa shape index (κ3) is 0.565. The first-order valence-electron chi connectivity index (χ1n) is 3.38. The first kappa shape index (κ1) is 4.77. The van der Waals surface area contributed by atoms with E-state index in [1.807, 2.05) is 0 Å². The molecule has 0 saturated carbocycles. The maximum absolute atomic E-state index is 3.38. The van der Waals surface area contributed by atoms with E-state index < -0.39 is 0 Å². The SMILES string of the molecule is C1NC[C@H]2CNC[C@H]12. The predicted octanol–water partition coefficient (Wildman–Crippen LogP) is -0.575. The van der Waals surface area contributed by atoms with Crippen molar-refractivity contribution in [3.63, 3.8) is 0 Å². The van der Waals surface area contributed by atoms with E-state index in [0.29, 0.717) is 0 Å². The van der Waals surface area contributed by atoms with Gasteiger partial charge in [0.25, 0.3) is 0 Å². The minimum absolute atomic E-state index is 0.954. The molecule has 0 bridgehead atoms. The molecule has 2 rings (SSSR count). The highest BCUT2D eigenvalue weighted by Crippen LogP contribution is 2.19. The van der Waals surface area contributed by atoms with Crippen molar-refractivity contribution in [1.82, 2.24) is 10.6 Å². The molecule has 0 aromatic carbocycles. The summed E-state index contributed by atoms with van der Waals surface area (Å²) in [6.07, 6.45) is 0. The van der Waals surface area contributed by atoms with Gasteiger partial charge >= 0.3 is 0 Å². The van der Waals surface area contributed by atoms with Crippen molar-refractivity contribution in [3.8, 4) is 0 Å². The van der Waals surface area contributed by atoms with Crippen molar-refractivity contribution < 1.29 is 0 Å². The highest BCUT2D eigenvalue weighted by molar-refractivity contribution is 4.88. The van der Waals surface area contributed by atoms with Crippen molar-refractivity contribution in [2.24, 2.45) is 11.8 Å². The molecule has 46 valence electrons. The Bertz CT molecular complexity index is 72.5. The highest BCUT2D eigenvalue weighted by Gasteiger charge is 2.30. The monoisotopic (exact) mass is 112 g/mol. The Kier molecular flexibility index (Phi) is 1.02. The van der Waals surface area contributed by atoms with E-state index in [-0.39, 0.29) is 0 Å². The standard InChI is InChI=1S/C6H12N2/c1-5-2-8-4-6(5)3-7-1/h5-8H,1-4H2/t5-,6-. The van der Waals surface area contributed by atoms with Gasteiger partial charge in [0.15, 0.2) is 0 Å². The van der Waals surface area contributed by atoms with E-state index in [4.69, 9.17) is 0 Å². The summed E-state index contributed by atoms with van der Waals surface area (Å²) in [5.74, 6) is 1.91. The first-order chi connectivity index (χ1) is 3.97. The second kappa shape index (κ2) is 1.71. The topological polar surface area (TPSA) is 24.1 Å². The molecule has 0 unspecified atom stereocenters. The van der Waals surface area contributed by atoms with E-state index in [1.54, 1.807) is 0 Å². The number of rotatable bonds is 0. The van der Waals surface area contributed by atoms with Crippen LogP contribution >= 0.6 is 0 Å². The largest absolute Gasteiger partial charge is 0.316 e. The smallest absolute Gasteiger partial charge is 0.000463 e. The molecule has 0 amide bonds. The molecule has 0 radical (unpaired) electrons. The third-order valence-electron chi connectivity index (χ3n) is 2.29. The zero-order chi connectivity index (χ0) is 5.40. The second-order valence-electron chi connectivity index (χ2n) is 2.84. The summed E-state index contributed by atoms with van der Waals surface area (Å²) in [5, 5.41) is 6.77. The predicted molar refractivity (Wildman–Crippen MR) is 32.7 cm³/mol. The number of hydrogen-bond donors (Lipinski definition) is 2. The normalized spacial score (nSPS) is 45.0. The van der Waals surface area contributed by atoms with Crippen LogP contribution in [0.25, 0.3) is 0 Å². The molecular weight excluding hydrogens is 100 g/mol. The summed E-state index contributed by atoms with van der Waals surface area (Å²) in [4.78, 5) is 0. The second-order valence-corrected chi connectivity index (χ2v) is 2.84. The van der Waals surface area contributed by atoms with Gasteiger partial charge in [0.1, 0.15) is 0 Å². The minimum Gasteiger partial charge on any atom is -0.316 e. The Balaban J connectivity index is 2.04. The van der Waals surface area contributed by atoms with Crippen LogP contribution < -0.4 is 10.6 Å². The van der Waals surface area contributed by atoms with Crippen LogP contribution in [0, 0.1) is 11.8 Å². The lowest BCUT2D eigenvalue weighted by Crippen LogP contribution is -2.19. The zero-order valence-electron chi connectivity index (χ0n) is 4.98. The van der Waals surface area contributed by atoms with Crippen LogP contribution in [0.2, 0.25) is 0 Å². The summed E-state index contributed by atoms with van der Waals surface area (Å²) < 4.78 is 0. The molecule has 2 nitrogen and oxygen atoms in total. The maximum atomic E-state index is 3.38. The Morgan fingerprint density at radius 2 is 1.12 bits per heavy atom. The fourth-order valence-electron chi connectivity index (χ4n) is 1.72. The number of nitrogens with one attached hydrogen (secondary N) is 2. The molecule has 0 atom stereocenters. The van der Waals surface area contributed by atoms with Crippen LogP contribution in [0.3, 0.4) is 0 Å². The van der Waals surface area contributed by atoms with Gasteiger partial charge in [0, 0.05) is 0 Å². The molecule has 2 aliphatic heterocycles. The van der Waals surface area contributed by atoms with Gasteiger partial charge in [-0.2, -0.15) is 0 Å². The van der Waals surface area contributed by atoms with Crippen LogP contribution in [0.4, 0.5) is 0 Å². The molecule has 2 aliphatic rings. The average Bonchev–Trinajstić information content (AvgIpc) is 2.15. The van der Waals surface area contributed by atoms with Crippen molar-refractivity contribution in [2.75, 3.05) is 26.2 Å². The molecule has 2 saturated heterocycles. The van der Waals surface area contributed by atoms with Crippen LogP contribution in [0.5, 0.6) is 0 Å². The van der Waals surface area contributed by atoms with Crippen LogP contribution in [-0.4, -0.2) is 26.2 Å². The summed E-state index contributed by atoms with van der Waals surface area (Å²) in [5.41, 5.74) is 0. The van der Waals surface area contributed by atoms with Crippen LogP contribution in [-0.2, 0) is 0 Å². The van der Waals surface area contributed by atoms with Gasteiger partial charge in [0.2, 0.25) is 0 Å². The molecule has 0 aromatic rings. The van der Waals surface area contributed by atoms with Crippen molar-refractivity contribution in [2.45, 2.75) is 0 Å². The van der Waals surface area contributed by atoms with Gasteiger partial charge in [-0.05, 0) is 38.0 Å². The lowest BCUT2D eigenvalue weighted by Gasteiger charge is -2.01. The molecule has 2 heterocycles. The summed E-state index contributed by atoms with van der Waals surface area (Å²) in [6.45, 7) is 4.99. The molecular formula is C6H12N2. The lowest BCUT2D eigenvalue weighted by molar-refractivity contribution is 0.533. The Labute approximate surface area is 49.7 Å². The fraction of sp³-hybridized carbons (Fsp3) is 1.00. The van der Waals surface area contributed by atoms with Gasteiger partial charge in [0.05, 0.1) is 0 Å². The lowest BCUT2D eigenvalue weighted by atomic mass is 10.0. The van der Waals surface area contributed by atoms with E-state index in [0.717, 1.165) is 11.8 Å². The molecule has 0 aromatic heterocycles.